The number of hydrogen-bond acceptors (Lipinski definition) is 5. The lowest BCUT2D eigenvalue weighted by Crippen LogP contribution is -2.37. The molecule has 1 aliphatic carbocycles. The summed E-state index contributed by atoms with van der Waals surface area (Å²) in [5.74, 6) is 0.986. The number of nitrogens with one attached hydrogen (secondary N) is 1. The largest absolute Gasteiger partial charge is 0.355 e. The summed E-state index contributed by atoms with van der Waals surface area (Å²) in [7, 11) is -3.50. The molecular weight excluding hydrogens is 336 g/mol. The second-order valence-corrected chi connectivity index (χ2v) is 8.48. The number of aryl methyl sites for hydroxylation is 2. The Morgan fingerprint density at radius 2 is 2.04 bits per heavy atom. The molecule has 2 aliphatic rings. The molecule has 1 fully saturated rings. The molecule has 6 nitrogen and oxygen atoms in total. The minimum Gasteiger partial charge on any atom is -0.355 e. The smallest absolute Gasteiger partial charge is 0.241 e. The molecule has 0 spiro atoms. The van der Waals surface area contributed by atoms with Crippen molar-refractivity contribution in [1.82, 2.24) is 14.7 Å². The van der Waals surface area contributed by atoms with Crippen LogP contribution < -0.4 is 9.62 Å². The van der Waals surface area contributed by atoms with Gasteiger partial charge in [0.05, 0.1) is 4.90 Å². The maximum absolute atomic E-state index is 12.7. The molecule has 0 radical (unpaired) electrons. The van der Waals surface area contributed by atoms with E-state index < -0.39 is 10.0 Å². The van der Waals surface area contributed by atoms with E-state index in [4.69, 9.17) is 0 Å². The van der Waals surface area contributed by atoms with Crippen LogP contribution in [0.25, 0.3) is 0 Å². The van der Waals surface area contributed by atoms with Gasteiger partial charge in [0.15, 0.2) is 0 Å². The summed E-state index contributed by atoms with van der Waals surface area (Å²) in [6, 6.07) is 6.98. The first-order chi connectivity index (χ1) is 12.0. The minimum absolute atomic E-state index is 0.100. The Balaban J connectivity index is 1.50. The van der Waals surface area contributed by atoms with E-state index in [1.54, 1.807) is 18.5 Å². The van der Waals surface area contributed by atoms with Gasteiger partial charge in [0, 0.05) is 30.4 Å². The van der Waals surface area contributed by atoms with Crippen molar-refractivity contribution in [3.05, 3.63) is 47.4 Å². The number of sulfonamides is 1. The van der Waals surface area contributed by atoms with E-state index in [-0.39, 0.29) is 6.04 Å². The fourth-order valence-corrected chi connectivity index (χ4v) is 5.31. The Hall–Kier alpha value is -1.99. The fraction of sp³-hybridized carbons (Fsp3) is 0.444. The Bertz CT molecular complexity index is 898. The van der Waals surface area contributed by atoms with E-state index in [1.165, 1.54) is 5.56 Å². The first-order valence-corrected chi connectivity index (χ1v) is 10.2. The van der Waals surface area contributed by atoms with E-state index in [0.29, 0.717) is 11.4 Å². The SMILES string of the molecule is Cc1ccccc1S(=O)(=O)N[C@H]1CCN(c2ncnc3c2CCC3)C1. The van der Waals surface area contributed by atoms with Gasteiger partial charge in [-0.05, 0) is 44.2 Å². The minimum atomic E-state index is -3.50. The Labute approximate surface area is 148 Å². The standard InChI is InChI=1S/C18H22N4O2S/c1-13-5-2-3-8-17(13)25(23,24)21-14-9-10-22(11-14)18-15-6-4-7-16(15)19-12-20-18/h2-3,5,8,12,14,21H,4,6-7,9-11H2,1H3/t14-/m0/s1. The number of anilines is 1. The van der Waals surface area contributed by atoms with Crippen molar-refractivity contribution in [2.45, 2.75) is 43.5 Å². The number of benzene rings is 1. The third-order valence-electron chi connectivity index (χ3n) is 5.04. The number of rotatable bonds is 4. The Morgan fingerprint density at radius 3 is 2.88 bits per heavy atom. The fourth-order valence-electron chi connectivity index (χ4n) is 3.80. The summed E-state index contributed by atoms with van der Waals surface area (Å²) in [5.41, 5.74) is 3.15. The van der Waals surface area contributed by atoms with Gasteiger partial charge in [-0.15, -0.1) is 0 Å². The predicted molar refractivity (Wildman–Crippen MR) is 96.2 cm³/mol. The molecule has 0 bridgehead atoms. The number of aromatic nitrogens is 2. The van der Waals surface area contributed by atoms with Crippen LogP contribution in [0.4, 0.5) is 5.82 Å². The number of hydrogen-bond donors (Lipinski definition) is 1. The van der Waals surface area contributed by atoms with Crippen LogP contribution in [0.15, 0.2) is 35.5 Å². The quantitative estimate of drug-likeness (QED) is 0.902. The number of fused-ring (bicyclic) bond motifs is 1. The van der Waals surface area contributed by atoms with Crippen LogP contribution in [-0.2, 0) is 22.9 Å². The van der Waals surface area contributed by atoms with Crippen LogP contribution in [0.2, 0.25) is 0 Å². The topological polar surface area (TPSA) is 75.2 Å². The lowest BCUT2D eigenvalue weighted by Gasteiger charge is -2.20. The molecule has 2 aromatic rings. The monoisotopic (exact) mass is 358 g/mol. The molecule has 2 heterocycles. The summed E-state index contributed by atoms with van der Waals surface area (Å²) in [6.07, 6.45) is 5.57. The molecule has 0 saturated carbocycles. The molecule has 4 rings (SSSR count). The zero-order chi connectivity index (χ0) is 17.4. The van der Waals surface area contributed by atoms with Gasteiger partial charge >= 0.3 is 0 Å². The van der Waals surface area contributed by atoms with Crippen LogP contribution in [0.5, 0.6) is 0 Å². The summed E-state index contributed by atoms with van der Waals surface area (Å²) in [4.78, 5) is 11.4. The van der Waals surface area contributed by atoms with Crippen molar-refractivity contribution in [3.8, 4) is 0 Å². The number of nitrogens with zero attached hydrogens (tertiary/aromatic N) is 3. The van der Waals surface area contributed by atoms with Crippen molar-refractivity contribution in [2.24, 2.45) is 0 Å². The van der Waals surface area contributed by atoms with Crippen LogP contribution in [-0.4, -0.2) is 37.5 Å². The lowest BCUT2D eigenvalue weighted by atomic mass is 10.2. The normalized spacial score (nSPS) is 20.0. The van der Waals surface area contributed by atoms with Crippen LogP contribution in [0.1, 0.15) is 29.7 Å². The zero-order valence-corrected chi connectivity index (χ0v) is 15.1. The molecule has 1 aromatic heterocycles. The van der Waals surface area contributed by atoms with Gasteiger partial charge in [-0.3, -0.25) is 0 Å². The van der Waals surface area contributed by atoms with Gasteiger partial charge in [0.25, 0.3) is 0 Å². The van der Waals surface area contributed by atoms with Crippen LogP contribution in [0, 0.1) is 6.92 Å². The van der Waals surface area contributed by atoms with Crippen molar-refractivity contribution < 1.29 is 8.42 Å². The highest BCUT2D eigenvalue weighted by Crippen LogP contribution is 2.30. The van der Waals surface area contributed by atoms with Gasteiger partial charge in [-0.25, -0.2) is 23.1 Å². The Morgan fingerprint density at radius 1 is 1.20 bits per heavy atom. The van der Waals surface area contributed by atoms with Crippen molar-refractivity contribution in [3.63, 3.8) is 0 Å². The zero-order valence-electron chi connectivity index (χ0n) is 14.3. The maximum Gasteiger partial charge on any atom is 0.241 e. The molecule has 1 saturated heterocycles. The van der Waals surface area contributed by atoms with E-state index in [9.17, 15) is 8.42 Å². The van der Waals surface area contributed by atoms with Gasteiger partial charge in [-0.2, -0.15) is 0 Å². The lowest BCUT2D eigenvalue weighted by molar-refractivity contribution is 0.560. The van der Waals surface area contributed by atoms with Crippen molar-refractivity contribution >= 4 is 15.8 Å². The summed E-state index contributed by atoms with van der Waals surface area (Å²) in [6.45, 7) is 3.28. The highest BCUT2D eigenvalue weighted by molar-refractivity contribution is 7.89. The van der Waals surface area contributed by atoms with E-state index in [1.807, 2.05) is 19.1 Å². The highest BCUT2D eigenvalue weighted by atomic mass is 32.2. The summed E-state index contributed by atoms with van der Waals surface area (Å²) < 4.78 is 28.2. The van der Waals surface area contributed by atoms with E-state index in [2.05, 4.69) is 19.6 Å². The molecule has 0 amide bonds. The van der Waals surface area contributed by atoms with Gasteiger partial charge < -0.3 is 4.90 Å². The molecule has 7 heteroatoms. The first kappa shape index (κ1) is 16.5. The molecule has 1 aliphatic heterocycles. The molecule has 1 atom stereocenters. The van der Waals surface area contributed by atoms with E-state index in [0.717, 1.165) is 49.3 Å². The van der Waals surface area contributed by atoms with E-state index >= 15 is 0 Å². The second kappa shape index (κ2) is 6.38. The third-order valence-corrected chi connectivity index (χ3v) is 6.73. The van der Waals surface area contributed by atoms with Crippen molar-refractivity contribution in [2.75, 3.05) is 18.0 Å². The molecule has 1 N–H and O–H groups in total. The molecule has 1 aromatic carbocycles. The highest BCUT2D eigenvalue weighted by Gasteiger charge is 2.30. The van der Waals surface area contributed by atoms with Crippen LogP contribution >= 0.6 is 0 Å². The van der Waals surface area contributed by atoms with Gasteiger partial charge in [-0.1, -0.05) is 18.2 Å². The van der Waals surface area contributed by atoms with Crippen molar-refractivity contribution in [1.29, 1.82) is 0 Å². The third kappa shape index (κ3) is 3.14. The van der Waals surface area contributed by atoms with Gasteiger partial charge in [0.1, 0.15) is 12.1 Å². The summed E-state index contributed by atoms with van der Waals surface area (Å²) in [5, 5.41) is 0. The molecular formula is C18H22N4O2S. The predicted octanol–water partition coefficient (Wildman–Crippen LogP) is 1.83. The second-order valence-electron chi connectivity index (χ2n) is 6.79. The molecule has 25 heavy (non-hydrogen) atoms. The first-order valence-electron chi connectivity index (χ1n) is 8.70. The molecule has 132 valence electrons. The summed E-state index contributed by atoms with van der Waals surface area (Å²) >= 11 is 0. The molecule has 0 unspecified atom stereocenters. The Kier molecular flexibility index (Phi) is 4.21. The van der Waals surface area contributed by atoms with Gasteiger partial charge in [0.2, 0.25) is 10.0 Å². The van der Waals surface area contributed by atoms with Crippen LogP contribution in [0.3, 0.4) is 0 Å². The maximum atomic E-state index is 12.7. The average Bonchev–Trinajstić information content (AvgIpc) is 3.23. The average molecular weight is 358 g/mol.